The molecular weight excluding hydrogens is 162 g/mol. The number of rotatable bonds is 4. The number of nitrogens with two attached hydrogens (primary N) is 1. The molecule has 1 atom stereocenters. The monoisotopic (exact) mass is 179 g/mol. The molecule has 0 spiro atoms. The highest BCUT2D eigenvalue weighted by Gasteiger charge is 2.08. The van der Waals surface area contributed by atoms with Crippen LogP contribution in [-0.4, -0.2) is 13.7 Å². The predicted molar refractivity (Wildman–Crippen MR) is 54.6 cm³/mol. The highest BCUT2D eigenvalue weighted by atomic mass is 16.5. The molecule has 72 valence electrons. The summed E-state index contributed by atoms with van der Waals surface area (Å²) in [5, 5.41) is 0. The van der Waals surface area contributed by atoms with E-state index in [1.54, 1.807) is 7.11 Å². The lowest BCUT2D eigenvalue weighted by molar-refractivity contribution is 0.184. The highest BCUT2D eigenvalue weighted by molar-refractivity contribution is 5.29. The molecule has 2 nitrogen and oxygen atoms in total. The SMILES string of the molecule is COCC(C)c1ccccc1CN. The van der Waals surface area contributed by atoms with E-state index < -0.39 is 0 Å². The zero-order chi connectivity index (χ0) is 9.68. The third kappa shape index (κ3) is 2.54. The van der Waals surface area contributed by atoms with Gasteiger partial charge in [-0.1, -0.05) is 31.2 Å². The van der Waals surface area contributed by atoms with Crippen LogP contribution in [0.15, 0.2) is 24.3 Å². The zero-order valence-corrected chi connectivity index (χ0v) is 8.29. The molecular formula is C11H17NO. The van der Waals surface area contributed by atoms with Gasteiger partial charge in [-0.2, -0.15) is 0 Å². The van der Waals surface area contributed by atoms with E-state index in [2.05, 4.69) is 19.1 Å². The zero-order valence-electron chi connectivity index (χ0n) is 8.29. The molecule has 0 amide bonds. The van der Waals surface area contributed by atoms with Crippen LogP contribution in [0.2, 0.25) is 0 Å². The van der Waals surface area contributed by atoms with Gasteiger partial charge in [0, 0.05) is 19.6 Å². The normalized spacial score (nSPS) is 12.8. The lowest BCUT2D eigenvalue weighted by atomic mass is 9.96. The minimum atomic E-state index is 0.421. The average Bonchev–Trinajstić information content (AvgIpc) is 2.18. The van der Waals surface area contributed by atoms with E-state index in [1.807, 2.05) is 12.1 Å². The molecule has 1 aromatic rings. The van der Waals surface area contributed by atoms with Crippen molar-refractivity contribution in [3.05, 3.63) is 35.4 Å². The van der Waals surface area contributed by atoms with Gasteiger partial charge in [0.15, 0.2) is 0 Å². The number of hydrogen-bond acceptors (Lipinski definition) is 2. The third-order valence-corrected chi connectivity index (χ3v) is 2.22. The molecule has 0 radical (unpaired) electrons. The number of ether oxygens (including phenoxy) is 1. The summed E-state index contributed by atoms with van der Waals surface area (Å²) in [6.45, 7) is 3.50. The molecule has 0 heterocycles. The number of hydrogen-bond donors (Lipinski definition) is 1. The first-order valence-electron chi connectivity index (χ1n) is 4.56. The fourth-order valence-corrected chi connectivity index (χ4v) is 1.54. The summed E-state index contributed by atoms with van der Waals surface area (Å²) in [5.74, 6) is 0.421. The van der Waals surface area contributed by atoms with Crippen LogP contribution in [0.5, 0.6) is 0 Å². The number of benzene rings is 1. The topological polar surface area (TPSA) is 35.2 Å². The average molecular weight is 179 g/mol. The second-order valence-electron chi connectivity index (χ2n) is 3.26. The largest absolute Gasteiger partial charge is 0.384 e. The molecule has 0 aliphatic rings. The first-order valence-corrected chi connectivity index (χ1v) is 4.56. The molecule has 1 unspecified atom stereocenters. The summed E-state index contributed by atoms with van der Waals surface area (Å²) in [6.07, 6.45) is 0. The second-order valence-corrected chi connectivity index (χ2v) is 3.26. The molecule has 0 aliphatic carbocycles. The van der Waals surface area contributed by atoms with Gasteiger partial charge < -0.3 is 10.5 Å². The Morgan fingerprint density at radius 2 is 2.08 bits per heavy atom. The summed E-state index contributed by atoms with van der Waals surface area (Å²) in [6, 6.07) is 8.25. The van der Waals surface area contributed by atoms with E-state index in [4.69, 9.17) is 10.5 Å². The van der Waals surface area contributed by atoms with Crippen molar-refractivity contribution in [2.75, 3.05) is 13.7 Å². The summed E-state index contributed by atoms with van der Waals surface area (Å²) in [4.78, 5) is 0. The Kier molecular flexibility index (Phi) is 3.93. The minimum Gasteiger partial charge on any atom is -0.384 e. The molecule has 13 heavy (non-hydrogen) atoms. The molecule has 0 bridgehead atoms. The Hall–Kier alpha value is -0.860. The van der Waals surface area contributed by atoms with Crippen LogP contribution in [-0.2, 0) is 11.3 Å². The Labute approximate surface area is 79.7 Å². The van der Waals surface area contributed by atoms with Gasteiger partial charge in [-0.25, -0.2) is 0 Å². The second kappa shape index (κ2) is 5.00. The van der Waals surface area contributed by atoms with Gasteiger partial charge in [0.25, 0.3) is 0 Å². The maximum atomic E-state index is 5.64. The van der Waals surface area contributed by atoms with Crippen LogP contribution in [0.4, 0.5) is 0 Å². The van der Waals surface area contributed by atoms with Crippen molar-refractivity contribution < 1.29 is 4.74 Å². The van der Waals surface area contributed by atoms with Crippen molar-refractivity contribution in [2.45, 2.75) is 19.4 Å². The Bertz CT molecular complexity index is 260. The Morgan fingerprint density at radius 1 is 1.38 bits per heavy atom. The van der Waals surface area contributed by atoms with Crippen LogP contribution in [0.1, 0.15) is 24.0 Å². The van der Waals surface area contributed by atoms with Crippen LogP contribution in [0, 0.1) is 0 Å². The fourth-order valence-electron chi connectivity index (χ4n) is 1.54. The lowest BCUT2D eigenvalue weighted by Gasteiger charge is -2.14. The first-order chi connectivity index (χ1) is 6.29. The summed E-state index contributed by atoms with van der Waals surface area (Å²) in [5.41, 5.74) is 8.16. The van der Waals surface area contributed by atoms with Crippen molar-refractivity contribution in [1.82, 2.24) is 0 Å². The molecule has 0 saturated carbocycles. The number of methoxy groups -OCH3 is 1. The van der Waals surface area contributed by atoms with Crippen molar-refractivity contribution in [1.29, 1.82) is 0 Å². The lowest BCUT2D eigenvalue weighted by Crippen LogP contribution is -2.08. The summed E-state index contributed by atoms with van der Waals surface area (Å²) < 4.78 is 5.12. The molecule has 0 aromatic heterocycles. The van der Waals surface area contributed by atoms with E-state index in [-0.39, 0.29) is 0 Å². The quantitative estimate of drug-likeness (QED) is 0.766. The van der Waals surface area contributed by atoms with Crippen molar-refractivity contribution >= 4 is 0 Å². The van der Waals surface area contributed by atoms with Crippen LogP contribution >= 0.6 is 0 Å². The van der Waals surface area contributed by atoms with Crippen LogP contribution in [0.3, 0.4) is 0 Å². The van der Waals surface area contributed by atoms with Crippen molar-refractivity contribution in [3.8, 4) is 0 Å². The highest BCUT2D eigenvalue weighted by Crippen LogP contribution is 2.19. The van der Waals surface area contributed by atoms with Crippen molar-refractivity contribution in [3.63, 3.8) is 0 Å². The van der Waals surface area contributed by atoms with Gasteiger partial charge >= 0.3 is 0 Å². The summed E-state index contributed by atoms with van der Waals surface area (Å²) in [7, 11) is 1.72. The predicted octanol–water partition coefficient (Wildman–Crippen LogP) is 1.90. The molecule has 2 N–H and O–H groups in total. The minimum absolute atomic E-state index is 0.421. The van der Waals surface area contributed by atoms with Gasteiger partial charge in [-0.3, -0.25) is 0 Å². The van der Waals surface area contributed by atoms with Gasteiger partial charge in [0.1, 0.15) is 0 Å². The standard InChI is InChI=1S/C11H17NO/c1-9(8-13-2)11-6-4-3-5-10(11)7-12/h3-6,9H,7-8,12H2,1-2H3. The molecule has 2 heteroatoms. The Morgan fingerprint density at radius 3 is 2.69 bits per heavy atom. The van der Waals surface area contributed by atoms with E-state index in [1.165, 1.54) is 11.1 Å². The Balaban J connectivity index is 2.85. The van der Waals surface area contributed by atoms with Gasteiger partial charge in [-0.15, -0.1) is 0 Å². The van der Waals surface area contributed by atoms with Crippen molar-refractivity contribution in [2.24, 2.45) is 5.73 Å². The molecule has 1 aromatic carbocycles. The van der Waals surface area contributed by atoms with Gasteiger partial charge in [0.2, 0.25) is 0 Å². The van der Waals surface area contributed by atoms with Crippen LogP contribution < -0.4 is 5.73 Å². The van der Waals surface area contributed by atoms with Gasteiger partial charge in [-0.05, 0) is 11.1 Å². The maximum Gasteiger partial charge on any atom is 0.0528 e. The van der Waals surface area contributed by atoms with E-state index >= 15 is 0 Å². The molecule has 0 saturated heterocycles. The smallest absolute Gasteiger partial charge is 0.0528 e. The molecule has 0 aliphatic heterocycles. The first kappa shape index (κ1) is 10.2. The third-order valence-electron chi connectivity index (χ3n) is 2.22. The van der Waals surface area contributed by atoms with Gasteiger partial charge in [0.05, 0.1) is 6.61 Å². The van der Waals surface area contributed by atoms with E-state index in [0.717, 1.165) is 6.61 Å². The van der Waals surface area contributed by atoms with E-state index in [0.29, 0.717) is 12.5 Å². The fraction of sp³-hybridized carbons (Fsp3) is 0.455. The molecule has 0 fully saturated rings. The summed E-state index contributed by atoms with van der Waals surface area (Å²) >= 11 is 0. The van der Waals surface area contributed by atoms with E-state index in [9.17, 15) is 0 Å². The van der Waals surface area contributed by atoms with Crippen LogP contribution in [0.25, 0.3) is 0 Å². The molecule has 1 rings (SSSR count). The maximum absolute atomic E-state index is 5.64.